The molecule has 2 aliphatic rings. The topological polar surface area (TPSA) is 107 Å². The van der Waals surface area contributed by atoms with E-state index in [0.29, 0.717) is 18.7 Å². The summed E-state index contributed by atoms with van der Waals surface area (Å²) in [7, 11) is -1.89. The number of hydrogen-bond donors (Lipinski definition) is 2. The van der Waals surface area contributed by atoms with Crippen LogP contribution in [0.25, 0.3) is 0 Å². The quantitative estimate of drug-likeness (QED) is 0.662. The van der Waals surface area contributed by atoms with Crippen LogP contribution in [0, 0.1) is 6.92 Å². The number of likely N-dealkylation sites (tertiary alicyclic amines) is 1. The summed E-state index contributed by atoms with van der Waals surface area (Å²) in [5, 5.41) is 12.5. The average molecular weight is 472 g/mol. The minimum Gasteiger partial charge on any atom is -0.392 e. The number of nitrogens with one attached hydrogen (secondary N) is 1. The zero-order valence-corrected chi connectivity index (χ0v) is 19.6. The van der Waals surface area contributed by atoms with Crippen LogP contribution in [-0.2, 0) is 25.8 Å². The second kappa shape index (κ2) is 9.24. The number of aliphatic hydroxyl groups is 1. The molecule has 0 saturated carbocycles. The summed E-state index contributed by atoms with van der Waals surface area (Å²) in [5.74, 6) is -1.26. The first kappa shape index (κ1) is 23.4. The highest BCUT2D eigenvalue weighted by Gasteiger charge is 2.30. The van der Waals surface area contributed by atoms with Gasteiger partial charge in [-0.1, -0.05) is 35.9 Å². The van der Waals surface area contributed by atoms with Gasteiger partial charge in [-0.25, -0.2) is 8.42 Å². The van der Waals surface area contributed by atoms with Crippen LogP contribution in [0.1, 0.15) is 29.2 Å². The number of carbonyl (C=O) groups is 2. The Kier molecular flexibility index (Phi) is 6.56. The molecule has 2 aromatic carbocycles. The number of hydrogen-bond acceptors (Lipinski definition) is 6. The van der Waals surface area contributed by atoms with Crippen molar-refractivity contribution in [3.63, 3.8) is 0 Å². The Bertz CT molecular complexity index is 1180. The van der Waals surface area contributed by atoms with Gasteiger partial charge in [0.1, 0.15) is 5.75 Å². The lowest BCUT2D eigenvalue weighted by Crippen LogP contribution is -2.39. The van der Waals surface area contributed by atoms with Crippen LogP contribution in [0.3, 0.4) is 0 Å². The molecule has 2 atom stereocenters. The first-order valence-corrected chi connectivity index (χ1v) is 12.7. The van der Waals surface area contributed by atoms with E-state index in [9.17, 15) is 23.1 Å². The minimum absolute atomic E-state index is 0.0740. The summed E-state index contributed by atoms with van der Waals surface area (Å²) < 4.78 is 24.5. The van der Waals surface area contributed by atoms with Crippen LogP contribution in [0.4, 0.5) is 5.69 Å². The molecule has 0 aliphatic carbocycles. The van der Waals surface area contributed by atoms with Crippen molar-refractivity contribution in [2.45, 2.75) is 36.8 Å². The zero-order chi connectivity index (χ0) is 23.8. The van der Waals surface area contributed by atoms with E-state index in [0.717, 1.165) is 24.1 Å². The second-order valence-electron chi connectivity index (χ2n) is 8.95. The summed E-state index contributed by atoms with van der Waals surface area (Å²) >= 11 is 0. The van der Waals surface area contributed by atoms with Gasteiger partial charge in [-0.05, 0) is 36.6 Å². The van der Waals surface area contributed by atoms with Gasteiger partial charge in [-0.15, -0.1) is 0 Å². The number of rotatable bonds is 6. The molecule has 2 amide bonds. The van der Waals surface area contributed by atoms with Crippen LogP contribution >= 0.6 is 0 Å². The Morgan fingerprint density at radius 3 is 2.76 bits per heavy atom. The van der Waals surface area contributed by atoms with Crippen LogP contribution in [0.5, 0.6) is 0 Å². The Labute approximate surface area is 194 Å². The van der Waals surface area contributed by atoms with E-state index in [4.69, 9.17) is 0 Å². The predicted octanol–water partition coefficient (Wildman–Crippen LogP) is 1.53. The van der Waals surface area contributed by atoms with Crippen molar-refractivity contribution in [1.29, 1.82) is 0 Å². The molecule has 8 nitrogen and oxygen atoms in total. The number of likely N-dealkylation sites (N-methyl/N-ethyl adjacent to an activating group) is 1. The van der Waals surface area contributed by atoms with E-state index < -0.39 is 21.5 Å². The number of anilines is 1. The van der Waals surface area contributed by atoms with E-state index in [2.05, 4.69) is 16.3 Å². The van der Waals surface area contributed by atoms with Crippen molar-refractivity contribution in [2.24, 2.45) is 0 Å². The van der Waals surface area contributed by atoms with Gasteiger partial charge in [0.25, 0.3) is 0 Å². The fourth-order valence-corrected chi connectivity index (χ4v) is 5.81. The minimum atomic E-state index is -3.66. The molecule has 33 heavy (non-hydrogen) atoms. The van der Waals surface area contributed by atoms with Gasteiger partial charge in [0.15, 0.2) is 9.84 Å². The smallest absolute Gasteiger partial charge is 0.239 e. The van der Waals surface area contributed by atoms with E-state index >= 15 is 0 Å². The standard InChI is InChI=1S/C24H29N3O5S/c1-16-4-3-5-18(10-16)21(14-27-9-8-19(28)13-27)26(2)24(30)12-17-6-7-22-20(11-17)25-23(29)15-33(22,31)32/h3-7,10-11,19,21,28H,8-9,12-15H2,1-2H3,(H,25,29)/t19-,21?/m0/s1. The number of β-amino-alcohol motifs (C(OH)–C–C–N with tert-alkyl or cyclic N) is 1. The van der Waals surface area contributed by atoms with E-state index in [1.165, 1.54) is 6.07 Å². The lowest BCUT2D eigenvalue weighted by atomic mass is 10.0. The first-order valence-electron chi connectivity index (χ1n) is 11.0. The number of nitrogens with zero attached hydrogens (tertiary/aromatic N) is 2. The molecule has 1 unspecified atom stereocenters. The molecule has 0 aromatic heterocycles. The maximum Gasteiger partial charge on any atom is 0.239 e. The molecule has 0 spiro atoms. The molecule has 1 saturated heterocycles. The molecule has 9 heteroatoms. The Hall–Kier alpha value is -2.75. The van der Waals surface area contributed by atoms with Crippen LogP contribution in [0.15, 0.2) is 47.4 Å². The fourth-order valence-electron chi connectivity index (χ4n) is 4.52. The highest BCUT2D eigenvalue weighted by Crippen LogP contribution is 2.29. The third kappa shape index (κ3) is 5.26. The monoisotopic (exact) mass is 471 g/mol. The van der Waals surface area contributed by atoms with E-state index in [-0.39, 0.29) is 35.1 Å². The van der Waals surface area contributed by atoms with Crippen molar-refractivity contribution >= 4 is 27.3 Å². The Balaban J connectivity index is 1.55. The van der Waals surface area contributed by atoms with Gasteiger partial charge in [0, 0.05) is 26.7 Å². The van der Waals surface area contributed by atoms with Gasteiger partial charge < -0.3 is 15.3 Å². The van der Waals surface area contributed by atoms with Crippen LogP contribution in [-0.4, -0.2) is 73.7 Å². The summed E-state index contributed by atoms with van der Waals surface area (Å²) in [4.78, 5) is 29.0. The fraction of sp³-hybridized carbons (Fsp3) is 0.417. The number of carbonyl (C=O) groups excluding carboxylic acids is 2. The number of fused-ring (bicyclic) bond motifs is 1. The molecule has 2 N–H and O–H groups in total. The number of sulfone groups is 1. The summed E-state index contributed by atoms with van der Waals surface area (Å²) in [6.45, 7) is 3.99. The number of amides is 2. The van der Waals surface area contributed by atoms with E-state index in [1.54, 1.807) is 24.1 Å². The maximum absolute atomic E-state index is 13.3. The summed E-state index contributed by atoms with van der Waals surface area (Å²) in [6, 6.07) is 12.5. The lowest BCUT2D eigenvalue weighted by molar-refractivity contribution is -0.131. The molecule has 2 aromatic rings. The molecule has 2 aliphatic heterocycles. The molecule has 4 rings (SSSR count). The lowest BCUT2D eigenvalue weighted by Gasteiger charge is -2.32. The second-order valence-corrected chi connectivity index (χ2v) is 10.9. The molecular formula is C24H29N3O5S. The number of aryl methyl sites for hydroxylation is 1. The van der Waals surface area contributed by atoms with Crippen LogP contribution in [0.2, 0.25) is 0 Å². The maximum atomic E-state index is 13.3. The summed E-state index contributed by atoms with van der Waals surface area (Å²) in [6.07, 6.45) is 0.457. The predicted molar refractivity (Wildman–Crippen MR) is 125 cm³/mol. The van der Waals surface area contributed by atoms with Crippen molar-refractivity contribution in [3.05, 3.63) is 59.2 Å². The average Bonchev–Trinajstić information content (AvgIpc) is 3.15. The Morgan fingerprint density at radius 1 is 1.27 bits per heavy atom. The number of aliphatic hydroxyl groups excluding tert-OH is 1. The van der Waals surface area contributed by atoms with Gasteiger partial charge >= 0.3 is 0 Å². The Morgan fingerprint density at radius 2 is 2.06 bits per heavy atom. The normalized spacial score (nSPS) is 20.7. The van der Waals surface area contributed by atoms with Crippen molar-refractivity contribution in [1.82, 2.24) is 9.80 Å². The third-order valence-electron chi connectivity index (χ3n) is 6.30. The first-order chi connectivity index (χ1) is 15.6. The van der Waals surface area contributed by atoms with Crippen molar-refractivity contribution < 1.29 is 23.1 Å². The third-order valence-corrected chi connectivity index (χ3v) is 7.96. The van der Waals surface area contributed by atoms with Gasteiger partial charge in [-0.3, -0.25) is 14.5 Å². The molecule has 0 bridgehead atoms. The number of benzene rings is 2. The zero-order valence-electron chi connectivity index (χ0n) is 18.8. The van der Waals surface area contributed by atoms with Gasteiger partial charge in [0.2, 0.25) is 11.8 Å². The highest BCUT2D eigenvalue weighted by molar-refractivity contribution is 7.92. The van der Waals surface area contributed by atoms with E-state index in [1.807, 2.05) is 25.1 Å². The molecule has 176 valence electrons. The van der Waals surface area contributed by atoms with Crippen molar-refractivity contribution in [2.75, 3.05) is 37.8 Å². The molecule has 1 fully saturated rings. The largest absolute Gasteiger partial charge is 0.392 e. The SMILES string of the molecule is Cc1cccc(C(CN2CC[C@H](O)C2)N(C)C(=O)Cc2ccc3c(c2)NC(=O)CS3(=O)=O)c1. The molecule has 2 heterocycles. The van der Waals surface area contributed by atoms with Crippen molar-refractivity contribution in [3.8, 4) is 0 Å². The van der Waals surface area contributed by atoms with Gasteiger partial charge in [0.05, 0.1) is 29.1 Å². The molecular weight excluding hydrogens is 442 g/mol. The van der Waals surface area contributed by atoms with Gasteiger partial charge in [-0.2, -0.15) is 0 Å². The summed E-state index contributed by atoms with van der Waals surface area (Å²) in [5.41, 5.74) is 2.98. The highest BCUT2D eigenvalue weighted by atomic mass is 32.2. The molecule has 0 radical (unpaired) electrons. The van der Waals surface area contributed by atoms with Crippen LogP contribution < -0.4 is 5.32 Å².